The maximum absolute atomic E-state index is 12.1. The number of carbonyl (C=O) groups is 4. The second kappa shape index (κ2) is 12.7. The quantitative estimate of drug-likeness (QED) is 0.275. The molecule has 0 heterocycles. The summed E-state index contributed by atoms with van der Waals surface area (Å²) in [4.78, 5) is 58.2. The molecule has 186 valence electrons. The van der Waals surface area contributed by atoms with E-state index in [0.29, 0.717) is 17.0 Å². The summed E-state index contributed by atoms with van der Waals surface area (Å²) in [6, 6.07) is 9.85. The number of nitrogens with zero attached hydrogens (tertiary/aromatic N) is 1. The van der Waals surface area contributed by atoms with Gasteiger partial charge in [-0.3, -0.25) is 24.5 Å². The molecule has 0 unspecified atom stereocenters. The zero-order valence-electron chi connectivity index (χ0n) is 19.4. The molecule has 0 spiro atoms. The number of nitrogens with one attached hydrogen (secondary N) is 2. The molecule has 35 heavy (non-hydrogen) atoms. The number of methoxy groups -OCH3 is 1. The highest BCUT2D eigenvalue weighted by molar-refractivity contribution is 5.96. The molecule has 0 radical (unpaired) electrons. The van der Waals surface area contributed by atoms with Crippen molar-refractivity contribution in [1.29, 1.82) is 0 Å². The average Bonchev–Trinajstić information content (AvgIpc) is 2.81. The van der Waals surface area contributed by atoms with Crippen LogP contribution < -0.4 is 15.4 Å². The third-order valence-corrected chi connectivity index (χ3v) is 4.34. The molecule has 0 fully saturated rings. The fourth-order valence-electron chi connectivity index (χ4n) is 2.72. The van der Waals surface area contributed by atoms with Gasteiger partial charge in [0.1, 0.15) is 11.4 Å². The molecule has 0 aliphatic rings. The molecule has 2 rings (SSSR count). The van der Waals surface area contributed by atoms with Gasteiger partial charge in [-0.2, -0.15) is 0 Å². The summed E-state index contributed by atoms with van der Waals surface area (Å²) in [6.45, 7) is 2.77. The number of carbonyl (C=O) groups excluding carboxylic acids is 4. The molecular formula is C23H25N3O9. The number of rotatable bonds is 11. The Morgan fingerprint density at radius 3 is 2.26 bits per heavy atom. The monoisotopic (exact) mass is 487 g/mol. The van der Waals surface area contributed by atoms with Gasteiger partial charge in [0.2, 0.25) is 5.91 Å². The number of amides is 2. The van der Waals surface area contributed by atoms with E-state index in [1.165, 1.54) is 49.6 Å². The van der Waals surface area contributed by atoms with Gasteiger partial charge in [-0.1, -0.05) is 0 Å². The van der Waals surface area contributed by atoms with Crippen molar-refractivity contribution in [3.8, 4) is 5.75 Å². The molecule has 2 aromatic rings. The van der Waals surface area contributed by atoms with E-state index in [0.717, 1.165) is 0 Å². The third kappa shape index (κ3) is 8.76. The Balaban J connectivity index is 1.78. The number of esters is 2. The molecular weight excluding hydrogens is 462 g/mol. The van der Waals surface area contributed by atoms with Crippen LogP contribution in [0, 0.1) is 10.1 Å². The van der Waals surface area contributed by atoms with E-state index in [1.54, 1.807) is 13.8 Å². The molecule has 12 heteroatoms. The molecule has 0 bridgehead atoms. The Hall–Kier alpha value is -4.48. The van der Waals surface area contributed by atoms with E-state index < -0.39 is 35.3 Å². The van der Waals surface area contributed by atoms with E-state index in [2.05, 4.69) is 10.6 Å². The Bertz CT molecular complexity index is 1100. The minimum Gasteiger partial charge on any atom is -0.497 e. The Morgan fingerprint density at radius 2 is 1.66 bits per heavy atom. The number of anilines is 2. The number of ether oxygens (including phenoxy) is 3. The van der Waals surface area contributed by atoms with Crippen LogP contribution in [0.3, 0.4) is 0 Å². The average molecular weight is 487 g/mol. The Kier molecular flexibility index (Phi) is 9.70. The molecule has 0 saturated heterocycles. The molecule has 0 atom stereocenters. The zero-order chi connectivity index (χ0) is 26.0. The van der Waals surface area contributed by atoms with Gasteiger partial charge in [0.25, 0.3) is 11.6 Å². The highest BCUT2D eigenvalue weighted by Crippen LogP contribution is 2.28. The van der Waals surface area contributed by atoms with Crippen LogP contribution in [0.25, 0.3) is 0 Å². The lowest BCUT2D eigenvalue weighted by molar-refractivity contribution is -0.383. The predicted octanol–water partition coefficient (Wildman–Crippen LogP) is 3.07. The standard InChI is InChI=1S/C23H25N3O9/c1-14(2)35-23(30)15-4-6-16(7-5-15)24-20(27)10-11-22(29)34-13-21(28)25-18-12-17(33-3)8-9-19(18)26(31)32/h4-9,12,14H,10-11,13H2,1-3H3,(H,24,27)(H,25,28). The first-order valence-corrected chi connectivity index (χ1v) is 10.5. The molecule has 0 aliphatic carbocycles. The van der Waals surface area contributed by atoms with E-state index in [1.807, 2.05) is 0 Å². The number of nitro benzene ring substituents is 1. The molecule has 0 aromatic heterocycles. The van der Waals surface area contributed by atoms with Gasteiger partial charge < -0.3 is 24.8 Å². The molecule has 2 N–H and O–H groups in total. The van der Waals surface area contributed by atoms with Crippen LogP contribution in [-0.4, -0.2) is 48.5 Å². The van der Waals surface area contributed by atoms with Crippen LogP contribution in [0.1, 0.15) is 37.0 Å². The Labute approximate surface area is 200 Å². The lowest BCUT2D eigenvalue weighted by atomic mass is 10.2. The first-order valence-electron chi connectivity index (χ1n) is 10.5. The number of hydrogen-bond donors (Lipinski definition) is 2. The SMILES string of the molecule is COc1ccc([N+](=O)[O-])c(NC(=O)COC(=O)CCC(=O)Nc2ccc(C(=O)OC(C)C)cc2)c1. The summed E-state index contributed by atoms with van der Waals surface area (Å²) in [5.74, 6) is -2.27. The molecule has 12 nitrogen and oxygen atoms in total. The fourth-order valence-corrected chi connectivity index (χ4v) is 2.72. The van der Waals surface area contributed by atoms with Gasteiger partial charge in [0.15, 0.2) is 6.61 Å². The van der Waals surface area contributed by atoms with Gasteiger partial charge >= 0.3 is 11.9 Å². The summed E-state index contributed by atoms with van der Waals surface area (Å²) in [6.07, 6.45) is -0.760. The van der Waals surface area contributed by atoms with E-state index in [9.17, 15) is 29.3 Å². The minimum atomic E-state index is -0.803. The maximum atomic E-state index is 12.1. The number of nitro groups is 1. The smallest absolute Gasteiger partial charge is 0.338 e. The van der Waals surface area contributed by atoms with Gasteiger partial charge in [0.05, 0.1) is 30.1 Å². The summed E-state index contributed by atoms with van der Waals surface area (Å²) in [7, 11) is 1.36. The van der Waals surface area contributed by atoms with Crippen LogP contribution in [0.15, 0.2) is 42.5 Å². The first kappa shape index (κ1) is 26.8. The minimum absolute atomic E-state index is 0.113. The summed E-state index contributed by atoms with van der Waals surface area (Å²) < 4.78 is 14.9. The van der Waals surface area contributed by atoms with E-state index >= 15 is 0 Å². The second-order valence-corrected chi connectivity index (χ2v) is 7.43. The molecule has 0 saturated carbocycles. The lowest BCUT2D eigenvalue weighted by Gasteiger charge is -2.09. The summed E-state index contributed by atoms with van der Waals surface area (Å²) in [5.41, 5.74) is 0.284. The van der Waals surface area contributed by atoms with Gasteiger partial charge in [-0.05, 0) is 44.2 Å². The lowest BCUT2D eigenvalue weighted by Crippen LogP contribution is -2.22. The van der Waals surface area contributed by atoms with Gasteiger partial charge in [-0.25, -0.2) is 4.79 Å². The van der Waals surface area contributed by atoms with Crippen molar-refractivity contribution < 1.29 is 38.3 Å². The van der Waals surface area contributed by atoms with Crippen molar-refractivity contribution in [3.05, 3.63) is 58.1 Å². The third-order valence-electron chi connectivity index (χ3n) is 4.34. The normalized spacial score (nSPS) is 10.3. The van der Waals surface area contributed by atoms with Crippen LogP contribution in [0.4, 0.5) is 17.1 Å². The van der Waals surface area contributed by atoms with Gasteiger partial charge in [0, 0.05) is 24.2 Å². The summed E-state index contributed by atoms with van der Waals surface area (Å²) >= 11 is 0. The first-order chi connectivity index (χ1) is 16.6. The zero-order valence-corrected chi connectivity index (χ0v) is 19.4. The largest absolute Gasteiger partial charge is 0.497 e. The summed E-state index contributed by atoms with van der Waals surface area (Å²) in [5, 5.41) is 16.0. The Morgan fingerprint density at radius 1 is 0.971 bits per heavy atom. The molecule has 2 aromatic carbocycles. The van der Waals surface area contributed by atoms with Crippen molar-refractivity contribution in [2.45, 2.75) is 32.8 Å². The van der Waals surface area contributed by atoms with Crippen molar-refractivity contribution in [2.24, 2.45) is 0 Å². The van der Waals surface area contributed by atoms with Crippen LogP contribution >= 0.6 is 0 Å². The van der Waals surface area contributed by atoms with Crippen molar-refractivity contribution in [1.82, 2.24) is 0 Å². The molecule has 2 amide bonds. The highest BCUT2D eigenvalue weighted by Gasteiger charge is 2.18. The van der Waals surface area contributed by atoms with Crippen molar-refractivity contribution >= 4 is 40.8 Å². The second-order valence-electron chi connectivity index (χ2n) is 7.43. The fraction of sp³-hybridized carbons (Fsp3) is 0.304. The topological polar surface area (TPSA) is 163 Å². The van der Waals surface area contributed by atoms with Crippen LogP contribution in [0.2, 0.25) is 0 Å². The van der Waals surface area contributed by atoms with Crippen molar-refractivity contribution in [2.75, 3.05) is 24.4 Å². The number of hydrogen-bond acceptors (Lipinski definition) is 9. The van der Waals surface area contributed by atoms with E-state index in [4.69, 9.17) is 14.2 Å². The maximum Gasteiger partial charge on any atom is 0.338 e. The molecule has 0 aliphatic heterocycles. The van der Waals surface area contributed by atoms with E-state index in [-0.39, 0.29) is 30.3 Å². The van der Waals surface area contributed by atoms with Crippen molar-refractivity contribution in [3.63, 3.8) is 0 Å². The van der Waals surface area contributed by atoms with Gasteiger partial charge in [-0.15, -0.1) is 0 Å². The predicted molar refractivity (Wildman–Crippen MR) is 124 cm³/mol. The van der Waals surface area contributed by atoms with Crippen LogP contribution in [-0.2, 0) is 23.9 Å². The highest BCUT2D eigenvalue weighted by atomic mass is 16.6. The number of benzene rings is 2. The van der Waals surface area contributed by atoms with Crippen LogP contribution in [0.5, 0.6) is 5.75 Å².